The first kappa shape index (κ1) is 15.4. The van der Waals surface area contributed by atoms with Crippen molar-refractivity contribution in [2.45, 2.75) is 12.6 Å². The maximum absolute atomic E-state index is 13.2. The van der Waals surface area contributed by atoms with E-state index < -0.39 is 0 Å². The number of rotatable bonds is 5. The first-order valence-corrected chi connectivity index (χ1v) is 8.00. The predicted molar refractivity (Wildman–Crippen MR) is 92.3 cm³/mol. The molecule has 1 aromatic carbocycles. The van der Waals surface area contributed by atoms with Gasteiger partial charge in [-0.15, -0.1) is 10.2 Å². The highest BCUT2D eigenvalue weighted by atomic mass is 19.1. The predicted octanol–water partition coefficient (Wildman–Crippen LogP) is 3.14. The topological polar surface area (TPSA) is 55.1 Å². The zero-order valence-corrected chi connectivity index (χ0v) is 13.4. The number of fused-ring (bicyclic) bond motifs is 1. The molecular formula is C19H16FN5. The van der Waals surface area contributed by atoms with Crippen molar-refractivity contribution in [2.75, 3.05) is 0 Å². The van der Waals surface area contributed by atoms with E-state index in [0.717, 1.165) is 22.7 Å². The van der Waals surface area contributed by atoms with Gasteiger partial charge < -0.3 is 0 Å². The Balaban J connectivity index is 1.63. The molecule has 0 fully saturated rings. The Morgan fingerprint density at radius 3 is 2.60 bits per heavy atom. The molecule has 4 aromatic rings. The monoisotopic (exact) mass is 333 g/mol. The molecule has 1 atom stereocenters. The first-order valence-electron chi connectivity index (χ1n) is 8.00. The maximum atomic E-state index is 13.2. The van der Waals surface area contributed by atoms with Gasteiger partial charge in [-0.2, -0.15) is 0 Å². The van der Waals surface area contributed by atoms with Crippen LogP contribution in [0.4, 0.5) is 4.39 Å². The summed E-state index contributed by atoms with van der Waals surface area (Å²) in [4.78, 5) is 4.24. The van der Waals surface area contributed by atoms with E-state index >= 15 is 0 Å². The van der Waals surface area contributed by atoms with Gasteiger partial charge in [-0.25, -0.2) is 4.39 Å². The smallest absolute Gasteiger partial charge is 0.160 e. The molecule has 0 spiro atoms. The first-order chi connectivity index (χ1) is 12.3. The van der Waals surface area contributed by atoms with Crippen LogP contribution < -0.4 is 5.32 Å². The van der Waals surface area contributed by atoms with Crippen LogP contribution in [-0.4, -0.2) is 19.6 Å². The molecule has 0 amide bonds. The minimum absolute atomic E-state index is 0.169. The third kappa shape index (κ3) is 3.25. The molecule has 4 rings (SSSR count). The van der Waals surface area contributed by atoms with Gasteiger partial charge in [0, 0.05) is 6.20 Å². The van der Waals surface area contributed by atoms with Crippen LogP contribution in [0.25, 0.3) is 5.65 Å². The van der Waals surface area contributed by atoms with E-state index in [4.69, 9.17) is 0 Å². The van der Waals surface area contributed by atoms with Crippen molar-refractivity contribution in [2.24, 2.45) is 0 Å². The average Bonchev–Trinajstić information content (AvgIpc) is 3.07. The second-order valence-corrected chi connectivity index (χ2v) is 5.67. The van der Waals surface area contributed by atoms with Crippen LogP contribution in [0.3, 0.4) is 0 Å². The fourth-order valence-corrected chi connectivity index (χ4v) is 2.80. The van der Waals surface area contributed by atoms with Crippen LogP contribution >= 0.6 is 0 Å². The number of hydrogen-bond donors (Lipinski definition) is 1. The van der Waals surface area contributed by atoms with Gasteiger partial charge in [0.05, 0.1) is 24.5 Å². The van der Waals surface area contributed by atoms with Crippen molar-refractivity contribution < 1.29 is 4.39 Å². The van der Waals surface area contributed by atoms with Gasteiger partial charge in [-0.3, -0.25) is 14.7 Å². The molecule has 0 saturated heterocycles. The van der Waals surface area contributed by atoms with E-state index in [1.165, 1.54) is 12.3 Å². The Hall–Kier alpha value is -3.12. The summed E-state index contributed by atoms with van der Waals surface area (Å²) in [6, 6.07) is 18.7. The van der Waals surface area contributed by atoms with Gasteiger partial charge in [0.1, 0.15) is 5.82 Å². The van der Waals surface area contributed by atoms with E-state index in [1.54, 1.807) is 6.07 Å². The largest absolute Gasteiger partial charge is 0.298 e. The molecule has 1 N–H and O–H groups in total. The quantitative estimate of drug-likeness (QED) is 0.610. The summed E-state index contributed by atoms with van der Waals surface area (Å²) in [7, 11) is 0. The fraction of sp³-hybridized carbons (Fsp3) is 0.105. The summed E-state index contributed by atoms with van der Waals surface area (Å²) in [5.74, 6) is 0.456. The van der Waals surface area contributed by atoms with Gasteiger partial charge in [-0.1, -0.05) is 36.4 Å². The Morgan fingerprint density at radius 1 is 0.960 bits per heavy atom. The molecule has 124 valence electrons. The molecule has 25 heavy (non-hydrogen) atoms. The number of nitrogens with one attached hydrogen (secondary N) is 1. The van der Waals surface area contributed by atoms with Crippen LogP contribution in [0.1, 0.15) is 23.1 Å². The molecule has 3 heterocycles. The molecule has 6 heteroatoms. The standard InChI is InChI=1S/C19H16FN5/c20-15-9-10-16(21-12-15)19(14-6-2-1-3-7-14)22-13-18-24-23-17-8-4-5-11-25(17)18/h1-12,19,22H,13H2. The molecule has 5 nitrogen and oxygen atoms in total. The lowest BCUT2D eigenvalue weighted by atomic mass is 10.0. The molecule has 3 aromatic heterocycles. The Kier molecular flexibility index (Phi) is 4.18. The van der Waals surface area contributed by atoms with E-state index in [9.17, 15) is 4.39 Å². The average molecular weight is 333 g/mol. The van der Waals surface area contributed by atoms with Crippen molar-refractivity contribution in [3.63, 3.8) is 0 Å². The maximum Gasteiger partial charge on any atom is 0.160 e. The number of pyridine rings is 2. The molecule has 0 aliphatic heterocycles. The Morgan fingerprint density at radius 2 is 1.80 bits per heavy atom. The van der Waals surface area contributed by atoms with Crippen molar-refractivity contribution in [1.82, 2.24) is 24.9 Å². The van der Waals surface area contributed by atoms with Crippen molar-refractivity contribution in [3.05, 3.63) is 96.0 Å². The van der Waals surface area contributed by atoms with Crippen LogP contribution in [0.15, 0.2) is 73.1 Å². The normalized spacial score (nSPS) is 12.4. The van der Waals surface area contributed by atoms with E-state index in [2.05, 4.69) is 20.5 Å². The molecule has 0 radical (unpaired) electrons. The number of nitrogens with zero attached hydrogens (tertiary/aromatic N) is 4. The lowest BCUT2D eigenvalue weighted by molar-refractivity contribution is 0.564. The summed E-state index contributed by atoms with van der Waals surface area (Å²) in [5.41, 5.74) is 2.60. The number of benzene rings is 1. The molecule has 0 aliphatic carbocycles. The fourth-order valence-electron chi connectivity index (χ4n) is 2.80. The van der Waals surface area contributed by atoms with Crippen LogP contribution in [0.5, 0.6) is 0 Å². The van der Waals surface area contributed by atoms with Gasteiger partial charge in [0.2, 0.25) is 0 Å². The Bertz CT molecular complexity index is 966. The highest BCUT2D eigenvalue weighted by molar-refractivity contribution is 5.37. The number of halogens is 1. The zero-order valence-electron chi connectivity index (χ0n) is 13.4. The van der Waals surface area contributed by atoms with E-state index in [1.807, 2.05) is 59.1 Å². The summed E-state index contributed by atoms with van der Waals surface area (Å²) in [5, 5.41) is 11.9. The minimum atomic E-state index is -0.348. The van der Waals surface area contributed by atoms with Crippen molar-refractivity contribution >= 4 is 5.65 Å². The number of hydrogen-bond acceptors (Lipinski definition) is 4. The van der Waals surface area contributed by atoms with Gasteiger partial charge in [0.15, 0.2) is 11.5 Å². The summed E-state index contributed by atoms with van der Waals surface area (Å²) in [6.45, 7) is 0.504. The second kappa shape index (κ2) is 6.78. The van der Waals surface area contributed by atoms with Crippen molar-refractivity contribution in [3.8, 4) is 0 Å². The van der Waals surface area contributed by atoms with Crippen LogP contribution in [-0.2, 0) is 6.54 Å². The zero-order chi connectivity index (χ0) is 17.1. The van der Waals surface area contributed by atoms with E-state index in [-0.39, 0.29) is 11.9 Å². The molecule has 0 bridgehead atoms. The molecular weight excluding hydrogens is 317 g/mol. The molecule has 0 aliphatic rings. The summed E-state index contributed by atoms with van der Waals surface area (Å²) in [6.07, 6.45) is 3.17. The lowest BCUT2D eigenvalue weighted by Gasteiger charge is -2.18. The van der Waals surface area contributed by atoms with Crippen LogP contribution in [0, 0.1) is 5.82 Å². The lowest BCUT2D eigenvalue weighted by Crippen LogP contribution is -2.24. The molecule has 1 unspecified atom stereocenters. The second-order valence-electron chi connectivity index (χ2n) is 5.67. The highest BCUT2D eigenvalue weighted by Gasteiger charge is 2.16. The SMILES string of the molecule is Fc1ccc(C(NCc2nnc3ccccn23)c2ccccc2)nc1. The minimum Gasteiger partial charge on any atom is -0.298 e. The van der Waals surface area contributed by atoms with E-state index in [0.29, 0.717) is 6.54 Å². The van der Waals surface area contributed by atoms with Crippen molar-refractivity contribution in [1.29, 1.82) is 0 Å². The highest BCUT2D eigenvalue weighted by Crippen LogP contribution is 2.21. The Labute approximate surface area is 144 Å². The third-order valence-corrected chi connectivity index (χ3v) is 4.03. The summed E-state index contributed by atoms with van der Waals surface area (Å²) < 4.78 is 15.2. The summed E-state index contributed by atoms with van der Waals surface area (Å²) >= 11 is 0. The van der Waals surface area contributed by atoms with Gasteiger partial charge in [0.25, 0.3) is 0 Å². The number of aromatic nitrogens is 4. The molecule has 0 saturated carbocycles. The third-order valence-electron chi connectivity index (χ3n) is 4.03. The van der Waals surface area contributed by atoms with Gasteiger partial charge >= 0.3 is 0 Å². The van der Waals surface area contributed by atoms with Crippen LogP contribution in [0.2, 0.25) is 0 Å². The van der Waals surface area contributed by atoms with Gasteiger partial charge in [-0.05, 0) is 29.8 Å².